The Bertz CT molecular complexity index is 732. The molecule has 0 atom stereocenters. The van der Waals surface area contributed by atoms with Crippen molar-refractivity contribution < 1.29 is 0 Å². The smallest absolute Gasteiger partial charge is 0.116 e. The van der Waals surface area contributed by atoms with Crippen molar-refractivity contribution >= 4 is 10.8 Å². The van der Waals surface area contributed by atoms with Crippen molar-refractivity contribution in [3.8, 4) is 11.3 Å². The zero-order valence-corrected chi connectivity index (χ0v) is 9.22. The molecule has 2 heteroatoms. The molecule has 1 aliphatic carbocycles. The second-order valence-electron chi connectivity index (χ2n) is 4.39. The van der Waals surface area contributed by atoms with Crippen molar-refractivity contribution in [2.75, 3.05) is 0 Å². The molecule has 1 aromatic heterocycles. The van der Waals surface area contributed by atoms with Crippen LogP contribution in [0.15, 0.2) is 48.9 Å². The molecule has 2 aromatic carbocycles. The highest BCUT2D eigenvalue weighted by molar-refractivity contribution is 5.94. The van der Waals surface area contributed by atoms with E-state index in [-0.39, 0.29) is 0 Å². The lowest BCUT2D eigenvalue weighted by Crippen LogP contribution is -1.84. The SMILES string of the molecule is c1ccc2c3c(ccc2c1)-c1ncncc1C3. The van der Waals surface area contributed by atoms with E-state index in [1.54, 1.807) is 6.33 Å². The van der Waals surface area contributed by atoms with Crippen molar-refractivity contribution in [3.63, 3.8) is 0 Å². The van der Waals surface area contributed by atoms with E-state index >= 15 is 0 Å². The molecule has 17 heavy (non-hydrogen) atoms. The first-order valence-electron chi connectivity index (χ1n) is 5.73. The van der Waals surface area contributed by atoms with Gasteiger partial charge in [-0.05, 0) is 16.3 Å². The topological polar surface area (TPSA) is 25.8 Å². The molecule has 0 saturated carbocycles. The average Bonchev–Trinajstić information content (AvgIpc) is 2.78. The number of rotatable bonds is 0. The number of benzene rings is 2. The Hall–Kier alpha value is -2.22. The highest BCUT2D eigenvalue weighted by atomic mass is 14.8. The lowest BCUT2D eigenvalue weighted by molar-refractivity contribution is 1.12. The fourth-order valence-electron chi connectivity index (χ4n) is 2.67. The van der Waals surface area contributed by atoms with Crippen LogP contribution in [0, 0.1) is 0 Å². The molecule has 80 valence electrons. The van der Waals surface area contributed by atoms with E-state index in [2.05, 4.69) is 46.4 Å². The highest BCUT2D eigenvalue weighted by Gasteiger charge is 2.21. The maximum absolute atomic E-state index is 4.40. The summed E-state index contributed by atoms with van der Waals surface area (Å²) in [4.78, 5) is 8.50. The second-order valence-corrected chi connectivity index (χ2v) is 4.39. The summed E-state index contributed by atoms with van der Waals surface area (Å²) in [5, 5.41) is 2.63. The second kappa shape index (κ2) is 3.14. The zero-order chi connectivity index (χ0) is 11.2. The molecule has 4 rings (SSSR count). The van der Waals surface area contributed by atoms with Gasteiger partial charge < -0.3 is 0 Å². The van der Waals surface area contributed by atoms with Crippen molar-refractivity contribution in [1.82, 2.24) is 9.97 Å². The summed E-state index contributed by atoms with van der Waals surface area (Å²) < 4.78 is 0. The number of aromatic nitrogens is 2. The van der Waals surface area contributed by atoms with Gasteiger partial charge in [-0.3, -0.25) is 0 Å². The van der Waals surface area contributed by atoms with E-state index in [1.807, 2.05) is 6.20 Å². The Morgan fingerprint density at radius 3 is 2.94 bits per heavy atom. The van der Waals surface area contributed by atoms with Crippen molar-refractivity contribution in [1.29, 1.82) is 0 Å². The van der Waals surface area contributed by atoms with E-state index in [4.69, 9.17) is 0 Å². The summed E-state index contributed by atoms with van der Waals surface area (Å²) in [7, 11) is 0. The Balaban J connectivity index is 2.11. The van der Waals surface area contributed by atoms with Gasteiger partial charge in [0.05, 0.1) is 5.69 Å². The summed E-state index contributed by atoms with van der Waals surface area (Å²) in [5.74, 6) is 0. The molecule has 0 bridgehead atoms. The maximum atomic E-state index is 4.40. The average molecular weight is 218 g/mol. The lowest BCUT2D eigenvalue weighted by Gasteiger charge is -2.04. The van der Waals surface area contributed by atoms with Gasteiger partial charge in [0.15, 0.2) is 0 Å². The number of hydrogen-bond acceptors (Lipinski definition) is 2. The van der Waals surface area contributed by atoms with E-state index < -0.39 is 0 Å². The van der Waals surface area contributed by atoms with Crippen LogP contribution in [0.5, 0.6) is 0 Å². The van der Waals surface area contributed by atoms with Crippen molar-refractivity contribution in [3.05, 3.63) is 60.0 Å². The molecule has 0 fully saturated rings. The standard InChI is InChI=1S/C15H10N2/c1-2-4-12-10(3-1)5-6-13-14(12)7-11-8-16-9-17-15(11)13/h1-6,8-9H,7H2. The van der Waals surface area contributed by atoms with E-state index in [9.17, 15) is 0 Å². The van der Waals surface area contributed by atoms with Crippen LogP contribution in [-0.2, 0) is 6.42 Å². The molecule has 1 heterocycles. The lowest BCUT2D eigenvalue weighted by atomic mass is 10.0. The van der Waals surface area contributed by atoms with Crippen molar-refractivity contribution in [2.24, 2.45) is 0 Å². The minimum atomic E-state index is 0.951. The predicted octanol–water partition coefficient (Wildman–Crippen LogP) is 3.20. The monoisotopic (exact) mass is 218 g/mol. The number of hydrogen-bond donors (Lipinski definition) is 0. The first-order valence-corrected chi connectivity index (χ1v) is 5.73. The Labute approximate surface area is 99.0 Å². The Morgan fingerprint density at radius 2 is 1.94 bits per heavy atom. The molecule has 0 saturated heterocycles. The summed E-state index contributed by atoms with van der Waals surface area (Å²) in [6.07, 6.45) is 4.51. The van der Waals surface area contributed by atoms with Crippen LogP contribution in [0.3, 0.4) is 0 Å². The molecule has 0 N–H and O–H groups in total. The predicted molar refractivity (Wildman–Crippen MR) is 67.8 cm³/mol. The van der Waals surface area contributed by atoms with Gasteiger partial charge in [0.1, 0.15) is 6.33 Å². The molecule has 1 aliphatic rings. The third-order valence-corrected chi connectivity index (χ3v) is 3.45. The van der Waals surface area contributed by atoms with Gasteiger partial charge in [-0.25, -0.2) is 9.97 Å². The minimum Gasteiger partial charge on any atom is -0.244 e. The van der Waals surface area contributed by atoms with E-state index in [0.29, 0.717) is 0 Å². The quantitative estimate of drug-likeness (QED) is 0.453. The van der Waals surface area contributed by atoms with Crippen LogP contribution in [0.25, 0.3) is 22.0 Å². The van der Waals surface area contributed by atoms with Crippen LogP contribution in [0.4, 0.5) is 0 Å². The molecule has 0 spiro atoms. The number of nitrogens with zero attached hydrogens (tertiary/aromatic N) is 2. The van der Waals surface area contributed by atoms with Crippen LogP contribution >= 0.6 is 0 Å². The third-order valence-electron chi connectivity index (χ3n) is 3.45. The van der Waals surface area contributed by atoms with Crippen LogP contribution in [0.2, 0.25) is 0 Å². The summed E-state index contributed by atoms with van der Waals surface area (Å²) in [6.45, 7) is 0. The van der Waals surface area contributed by atoms with Gasteiger partial charge in [0.25, 0.3) is 0 Å². The van der Waals surface area contributed by atoms with Gasteiger partial charge in [-0.2, -0.15) is 0 Å². The number of fused-ring (bicyclic) bond motifs is 5. The van der Waals surface area contributed by atoms with Gasteiger partial charge in [0, 0.05) is 23.7 Å². The normalized spacial score (nSPS) is 12.5. The maximum Gasteiger partial charge on any atom is 0.116 e. The first kappa shape index (κ1) is 8.88. The van der Waals surface area contributed by atoms with Gasteiger partial charge in [-0.1, -0.05) is 36.4 Å². The molecular weight excluding hydrogens is 208 g/mol. The Morgan fingerprint density at radius 1 is 1.00 bits per heavy atom. The third kappa shape index (κ3) is 1.15. The Kier molecular flexibility index (Phi) is 1.64. The van der Waals surface area contributed by atoms with Crippen molar-refractivity contribution in [2.45, 2.75) is 6.42 Å². The minimum absolute atomic E-state index is 0.951. The highest BCUT2D eigenvalue weighted by Crippen LogP contribution is 2.38. The molecular formula is C15H10N2. The van der Waals surface area contributed by atoms with Crippen LogP contribution in [-0.4, -0.2) is 9.97 Å². The van der Waals surface area contributed by atoms with Gasteiger partial charge in [-0.15, -0.1) is 0 Å². The van der Waals surface area contributed by atoms with Crippen LogP contribution in [0.1, 0.15) is 11.1 Å². The molecule has 2 nitrogen and oxygen atoms in total. The zero-order valence-electron chi connectivity index (χ0n) is 9.22. The van der Waals surface area contributed by atoms with Crippen LogP contribution < -0.4 is 0 Å². The van der Waals surface area contributed by atoms with E-state index in [0.717, 1.165) is 12.1 Å². The largest absolute Gasteiger partial charge is 0.244 e. The van der Waals surface area contributed by atoms with E-state index in [1.165, 1.54) is 27.5 Å². The molecule has 0 aliphatic heterocycles. The molecule has 0 radical (unpaired) electrons. The molecule has 3 aromatic rings. The molecule has 0 amide bonds. The van der Waals surface area contributed by atoms with Gasteiger partial charge in [0.2, 0.25) is 0 Å². The first-order chi connectivity index (χ1) is 8.43. The van der Waals surface area contributed by atoms with Gasteiger partial charge >= 0.3 is 0 Å². The summed E-state index contributed by atoms with van der Waals surface area (Å²) >= 11 is 0. The fourth-order valence-corrected chi connectivity index (χ4v) is 2.67. The fraction of sp³-hybridized carbons (Fsp3) is 0.0667. The summed E-state index contributed by atoms with van der Waals surface area (Å²) in [6, 6.07) is 12.9. The summed E-state index contributed by atoms with van der Waals surface area (Å²) in [5.41, 5.74) is 4.99. The molecule has 0 unspecified atom stereocenters.